The zero-order valence-electron chi connectivity index (χ0n) is 28.3. The number of fused-ring (bicyclic) bond motifs is 2. The smallest absolute Gasteiger partial charge is 0.150 e. The average Bonchev–Trinajstić information content (AvgIpc) is 3.55. The molecule has 8 rings (SSSR count). The zero-order valence-corrected chi connectivity index (χ0v) is 30.0. The summed E-state index contributed by atoms with van der Waals surface area (Å²) in [5.74, 6) is 1.07. The standard InChI is InChI=1S/C46H42N2PS/c1-4-19-43(20-5-1)49(44-21-6-2-7-22-44,45-23-8-3-9-24-45)31-14-32-50-46-47(35-37-25-27-39-15-10-12-17-41(39)33-37)29-30-48(46)36-38-26-28-40-16-11-13-18-42(40)34-38/h1-13,15-30,33-34,46H,14,31-32,35-36H2/q+1. The van der Waals surface area contributed by atoms with Gasteiger partial charge in [-0.1, -0.05) is 127 Å². The highest BCUT2D eigenvalue weighted by Crippen LogP contribution is 2.56. The number of thioether (sulfide) groups is 1. The second-order valence-corrected chi connectivity index (χ2v) is 17.9. The van der Waals surface area contributed by atoms with Crippen molar-refractivity contribution in [3.63, 3.8) is 0 Å². The van der Waals surface area contributed by atoms with Gasteiger partial charge < -0.3 is 9.80 Å². The van der Waals surface area contributed by atoms with E-state index in [1.54, 1.807) is 0 Å². The lowest BCUT2D eigenvalue weighted by molar-refractivity contribution is 0.222. The normalized spacial score (nSPS) is 13.4. The van der Waals surface area contributed by atoms with Crippen molar-refractivity contribution in [2.24, 2.45) is 0 Å². The fourth-order valence-corrected chi connectivity index (χ4v) is 13.2. The quantitative estimate of drug-likeness (QED) is 0.0934. The fourth-order valence-electron chi connectivity index (χ4n) is 7.43. The first-order valence-corrected chi connectivity index (χ1v) is 20.6. The number of benzene rings is 7. The summed E-state index contributed by atoms with van der Waals surface area (Å²) in [6.07, 6.45) is 6.88. The van der Waals surface area contributed by atoms with Gasteiger partial charge in [-0.05, 0) is 87.6 Å². The summed E-state index contributed by atoms with van der Waals surface area (Å²) in [5.41, 5.74) is 2.90. The lowest BCUT2D eigenvalue weighted by atomic mass is 10.1. The maximum Gasteiger partial charge on any atom is 0.150 e. The Balaban J connectivity index is 1.06. The van der Waals surface area contributed by atoms with Crippen molar-refractivity contribution in [1.29, 1.82) is 0 Å². The molecule has 0 aromatic heterocycles. The third kappa shape index (κ3) is 6.81. The SMILES string of the molecule is C1=CN(Cc2ccc3ccccc3c2)C(SCCC[P+](c2ccccc2)(c2ccccc2)c2ccccc2)N1Cc1ccc2ccccc2c1. The van der Waals surface area contributed by atoms with Crippen LogP contribution in [0, 0.1) is 0 Å². The molecule has 4 heteroatoms. The molecular formula is C46H42N2PS+. The molecule has 0 saturated heterocycles. The van der Waals surface area contributed by atoms with E-state index in [2.05, 4.69) is 210 Å². The minimum atomic E-state index is -1.86. The van der Waals surface area contributed by atoms with Gasteiger partial charge >= 0.3 is 0 Å². The van der Waals surface area contributed by atoms with E-state index in [1.807, 2.05) is 0 Å². The van der Waals surface area contributed by atoms with Crippen molar-refractivity contribution in [2.75, 3.05) is 11.9 Å². The van der Waals surface area contributed by atoms with Gasteiger partial charge in [0.25, 0.3) is 0 Å². The highest BCUT2D eigenvalue weighted by molar-refractivity contribution is 8.00. The third-order valence-electron chi connectivity index (χ3n) is 9.87. The van der Waals surface area contributed by atoms with E-state index in [-0.39, 0.29) is 5.50 Å². The number of nitrogens with zero attached hydrogens (tertiary/aromatic N) is 2. The monoisotopic (exact) mass is 685 g/mol. The Morgan fingerprint density at radius 1 is 0.440 bits per heavy atom. The maximum absolute atomic E-state index is 2.53. The molecule has 50 heavy (non-hydrogen) atoms. The van der Waals surface area contributed by atoms with Gasteiger partial charge in [-0.3, -0.25) is 0 Å². The number of rotatable bonds is 12. The predicted molar refractivity (Wildman–Crippen MR) is 219 cm³/mol. The van der Waals surface area contributed by atoms with Gasteiger partial charge in [0.2, 0.25) is 0 Å². The first-order chi connectivity index (χ1) is 24.8. The van der Waals surface area contributed by atoms with Crippen molar-refractivity contribution >= 4 is 56.5 Å². The number of hydrogen-bond acceptors (Lipinski definition) is 3. The molecule has 0 bridgehead atoms. The Hall–Kier alpha value is -4.82. The Morgan fingerprint density at radius 2 is 0.840 bits per heavy atom. The second kappa shape index (κ2) is 15.0. The number of hydrogen-bond donors (Lipinski definition) is 0. The molecule has 2 nitrogen and oxygen atoms in total. The van der Waals surface area contributed by atoms with Crippen molar-refractivity contribution in [3.05, 3.63) is 199 Å². The van der Waals surface area contributed by atoms with Gasteiger partial charge in [0.1, 0.15) is 23.2 Å². The average molecular weight is 686 g/mol. The highest BCUT2D eigenvalue weighted by atomic mass is 32.2. The molecule has 0 unspecified atom stereocenters. The first-order valence-electron chi connectivity index (χ1n) is 17.6. The minimum absolute atomic E-state index is 0.214. The summed E-state index contributed by atoms with van der Waals surface area (Å²) in [6.45, 7) is 1.75. The first kappa shape index (κ1) is 32.4. The van der Waals surface area contributed by atoms with E-state index in [9.17, 15) is 0 Å². The lowest BCUT2D eigenvalue weighted by Crippen LogP contribution is -2.36. The summed E-state index contributed by atoms with van der Waals surface area (Å²) in [6, 6.07) is 65.0. The molecule has 0 fully saturated rings. The summed E-state index contributed by atoms with van der Waals surface area (Å²) >= 11 is 2.08. The molecule has 0 atom stereocenters. The molecule has 1 aliphatic rings. The summed E-state index contributed by atoms with van der Waals surface area (Å²) < 4.78 is 0. The van der Waals surface area contributed by atoms with Crippen LogP contribution in [0.1, 0.15) is 17.5 Å². The summed E-state index contributed by atoms with van der Waals surface area (Å²) in [5, 5.41) is 9.56. The van der Waals surface area contributed by atoms with E-state index >= 15 is 0 Å². The van der Waals surface area contributed by atoms with Gasteiger partial charge in [-0.25, -0.2) is 0 Å². The molecule has 0 radical (unpaired) electrons. The Morgan fingerprint density at radius 3 is 1.28 bits per heavy atom. The van der Waals surface area contributed by atoms with Crippen LogP contribution in [0.5, 0.6) is 0 Å². The molecular weight excluding hydrogens is 644 g/mol. The van der Waals surface area contributed by atoms with Crippen LogP contribution in [0.15, 0.2) is 188 Å². The summed E-state index contributed by atoms with van der Waals surface area (Å²) in [7, 11) is -1.86. The van der Waals surface area contributed by atoms with Crippen LogP contribution in [0.2, 0.25) is 0 Å². The Kier molecular flexibility index (Phi) is 9.70. The van der Waals surface area contributed by atoms with E-state index in [4.69, 9.17) is 0 Å². The molecule has 0 saturated carbocycles. The van der Waals surface area contributed by atoms with Crippen LogP contribution in [0.25, 0.3) is 21.5 Å². The van der Waals surface area contributed by atoms with E-state index in [0.717, 1.165) is 31.4 Å². The molecule has 0 aliphatic carbocycles. The van der Waals surface area contributed by atoms with Crippen LogP contribution < -0.4 is 15.9 Å². The zero-order chi connectivity index (χ0) is 33.6. The van der Waals surface area contributed by atoms with Gasteiger partial charge in [0.15, 0.2) is 5.50 Å². The van der Waals surface area contributed by atoms with Crippen LogP contribution in [0.3, 0.4) is 0 Å². The fraction of sp³-hybridized carbons (Fsp3) is 0.130. The molecule has 1 aliphatic heterocycles. The molecule has 0 N–H and O–H groups in total. The van der Waals surface area contributed by atoms with Crippen LogP contribution in [-0.2, 0) is 13.1 Å². The Bertz CT molecular complexity index is 2020. The largest absolute Gasteiger partial charge is 0.343 e. The van der Waals surface area contributed by atoms with E-state index in [1.165, 1.54) is 48.6 Å². The highest BCUT2D eigenvalue weighted by Gasteiger charge is 2.44. The van der Waals surface area contributed by atoms with Crippen LogP contribution in [-0.4, -0.2) is 27.2 Å². The van der Waals surface area contributed by atoms with Crippen molar-refractivity contribution < 1.29 is 0 Å². The molecule has 1 heterocycles. The van der Waals surface area contributed by atoms with Crippen LogP contribution >= 0.6 is 19.0 Å². The van der Waals surface area contributed by atoms with Gasteiger partial charge in [0, 0.05) is 31.2 Å². The van der Waals surface area contributed by atoms with Crippen molar-refractivity contribution in [1.82, 2.24) is 9.80 Å². The van der Waals surface area contributed by atoms with Crippen LogP contribution in [0.4, 0.5) is 0 Å². The Labute approximate surface area is 301 Å². The molecule has 0 amide bonds. The second-order valence-electron chi connectivity index (χ2n) is 13.1. The van der Waals surface area contributed by atoms with Gasteiger partial charge in [-0.15, -0.1) is 11.8 Å². The molecule has 7 aromatic carbocycles. The third-order valence-corrected chi connectivity index (χ3v) is 15.8. The minimum Gasteiger partial charge on any atom is -0.343 e. The van der Waals surface area contributed by atoms with Gasteiger partial charge in [-0.2, -0.15) is 0 Å². The predicted octanol–water partition coefficient (Wildman–Crippen LogP) is 10.2. The van der Waals surface area contributed by atoms with E-state index < -0.39 is 7.26 Å². The van der Waals surface area contributed by atoms with Crippen molar-refractivity contribution in [2.45, 2.75) is 25.0 Å². The molecule has 0 spiro atoms. The van der Waals surface area contributed by atoms with E-state index in [0.29, 0.717) is 0 Å². The van der Waals surface area contributed by atoms with Crippen molar-refractivity contribution in [3.8, 4) is 0 Å². The lowest BCUT2D eigenvalue weighted by Gasteiger charge is -2.33. The van der Waals surface area contributed by atoms with Gasteiger partial charge in [0.05, 0.1) is 6.16 Å². The molecule has 246 valence electrons. The molecule has 7 aromatic rings. The summed E-state index contributed by atoms with van der Waals surface area (Å²) in [4.78, 5) is 5.06. The topological polar surface area (TPSA) is 6.48 Å². The maximum atomic E-state index is 2.53.